The first-order chi connectivity index (χ1) is 14.2. The lowest BCUT2D eigenvalue weighted by atomic mass is 10.1. The number of aromatic nitrogens is 1. The van der Waals surface area contributed by atoms with Crippen molar-refractivity contribution in [3.63, 3.8) is 0 Å². The molecular weight excluding hydrogens is 398 g/mol. The molecule has 29 heavy (non-hydrogen) atoms. The molecule has 2 heterocycles. The molecule has 146 valence electrons. The van der Waals surface area contributed by atoms with Crippen molar-refractivity contribution in [2.75, 3.05) is 17.7 Å². The molecule has 0 saturated carbocycles. The number of hydrogen-bond acceptors (Lipinski definition) is 5. The van der Waals surface area contributed by atoms with Crippen LogP contribution in [0.3, 0.4) is 0 Å². The zero-order chi connectivity index (χ0) is 20.2. The van der Waals surface area contributed by atoms with Crippen LogP contribution >= 0.6 is 23.5 Å². The number of nitrogens with zero attached hydrogens (tertiary/aromatic N) is 2. The molecule has 0 bridgehead atoms. The van der Waals surface area contributed by atoms with E-state index in [2.05, 4.69) is 40.4 Å². The average molecular weight is 420 g/mol. The third kappa shape index (κ3) is 4.18. The second kappa shape index (κ2) is 8.76. The molecule has 4 nitrogen and oxygen atoms in total. The van der Waals surface area contributed by atoms with Gasteiger partial charge >= 0.3 is 0 Å². The molecule has 0 spiro atoms. The molecule has 0 aliphatic carbocycles. The molecular formula is C23H21N3OS2. The summed E-state index contributed by atoms with van der Waals surface area (Å²) < 4.78 is 0. The van der Waals surface area contributed by atoms with Crippen molar-refractivity contribution in [3.8, 4) is 0 Å². The number of rotatable bonds is 6. The van der Waals surface area contributed by atoms with Crippen LogP contribution in [0.4, 0.5) is 5.69 Å². The fourth-order valence-electron chi connectivity index (χ4n) is 3.35. The molecule has 1 aromatic heterocycles. The summed E-state index contributed by atoms with van der Waals surface area (Å²) in [7, 11) is 0. The van der Waals surface area contributed by atoms with E-state index in [1.165, 1.54) is 10.5 Å². The number of anilines is 1. The van der Waals surface area contributed by atoms with Crippen molar-refractivity contribution >= 4 is 46.0 Å². The minimum Gasteiger partial charge on any atom is -0.366 e. The Kier molecular flexibility index (Phi) is 5.92. The molecule has 0 fully saturated rings. The highest BCUT2D eigenvalue weighted by atomic mass is 32.2. The Hall–Kier alpha value is -2.70. The Morgan fingerprint density at radius 2 is 2.03 bits per heavy atom. The molecule has 0 radical (unpaired) electrons. The summed E-state index contributed by atoms with van der Waals surface area (Å²) in [6.45, 7) is 0.702. The Morgan fingerprint density at radius 3 is 2.86 bits per heavy atom. The highest BCUT2D eigenvalue weighted by molar-refractivity contribution is 8.02. The van der Waals surface area contributed by atoms with E-state index in [0.717, 1.165) is 27.4 Å². The Labute approximate surface area is 178 Å². The van der Waals surface area contributed by atoms with E-state index >= 15 is 0 Å². The Morgan fingerprint density at radius 1 is 1.17 bits per heavy atom. The number of pyridine rings is 1. The van der Waals surface area contributed by atoms with Crippen LogP contribution in [-0.4, -0.2) is 23.7 Å². The molecule has 0 saturated heterocycles. The first kappa shape index (κ1) is 19.6. The number of primary amides is 1. The molecule has 0 unspecified atom stereocenters. The van der Waals surface area contributed by atoms with Gasteiger partial charge in [0.25, 0.3) is 5.91 Å². The summed E-state index contributed by atoms with van der Waals surface area (Å²) >= 11 is 3.34. The summed E-state index contributed by atoms with van der Waals surface area (Å²) in [5.74, 6) is 0.316. The van der Waals surface area contributed by atoms with Crippen LogP contribution in [0.2, 0.25) is 0 Å². The van der Waals surface area contributed by atoms with Crippen LogP contribution in [0.15, 0.2) is 88.4 Å². The molecule has 0 atom stereocenters. The third-order valence-corrected chi connectivity index (χ3v) is 6.68. The van der Waals surface area contributed by atoms with Gasteiger partial charge in [-0.2, -0.15) is 0 Å². The summed E-state index contributed by atoms with van der Waals surface area (Å²) in [4.78, 5) is 19.9. The molecule has 4 rings (SSSR count). The molecule has 1 aliphatic heterocycles. The first-order valence-electron chi connectivity index (χ1n) is 9.25. The summed E-state index contributed by atoms with van der Waals surface area (Å²) in [5, 5.41) is 2.02. The largest absolute Gasteiger partial charge is 0.366 e. The van der Waals surface area contributed by atoms with E-state index in [4.69, 9.17) is 5.73 Å². The van der Waals surface area contributed by atoms with Crippen molar-refractivity contribution in [2.24, 2.45) is 5.73 Å². The number of benzene rings is 2. The van der Waals surface area contributed by atoms with Gasteiger partial charge in [0.15, 0.2) is 0 Å². The van der Waals surface area contributed by atoms with Gasteiger partial charge in [0, 0.05) is 34.5 Å². The van der Waals surface area contributed by atoms with Gasteiger partial charge in [0.2, 0.25) is 0 Å². The van der Waals surface area contributed by atoms with Gasteiger partial charge in [-0.15, -0.1) is 23.5 Å². The second-order valence-corrected chi connectivity index (χ2v) is 8.42. The molecule has 2 aromatic carbocycles. The van der Waals surface area contributed by atoms with Crippen LogP contribution in [0.5, 0.6) is 0 Å². The lowest BCUT2D eigenvalue weighted by Crippen LogP contribution is -2.29. The van der Waals surface area contributed by atoms with Crippen LogP contribution in [0.25, 0.3) is 10.9 Å². The number of thioether (sulfide) groups is 2. The SMILES string of the molecule is CSc1cccc(N2CC=CC(C(N)=O)=C2SCc2ccnc3ccccc23)c1. The number of hydrogen-bond donors (Lipinski definition) is 1. The predicted molar refractivity (Wildman–Crippen MR) is 124 cm³/mol. The average Bonchev–Trinajstić information content (AvgIpc) is 2.77. The van der Waals surface area contributed by atoms with Crippen molar-refractivity contribution in [3.05, 3.63) is 89.1 Å². The standard InChI is InChI=1S/C23H21N3OS2/c1-28-18-7-4-6-17(14-18)26-13-5-9-20(22(24)27)23(26)29-15-16-11-12-25-21-10-3-2-8-19(16)21/h2-12,14H,13,15H2,1H3,(H2,24,27). The smallest absolute Gasteiger partial charge is 0.251 e. The van der Waals surface area contributed by atoms with E-state index in [1.54, 1.807) is 23.5 Å². The molecule has 1 aliphatic rings. The molecule has 1 amide bonds. The molecule has 2 N–H and O–H groups in total. The van der Waals surface area contributed by atoms with Gasteiger partial charge in [0.1, 0.15) is 0 Å². The van der Waals surface area contributed by atoms with E-state index < -0.39 is 5.91 Å². The number of nitrogens with two attached hydrogens (primary N) is 1. The monoisotopic (exact) mass is 419 g/mol. The van der Waals surface area contributed by atoms with Crippen molar-refractivity contribution in [1.29, 1.82) is 0 Å². The van der Waals surface area contributed by atoms with E-state index in [-0.39, 0.29) is 0 Å². The maximum atomic E-state index is 12.1. The van der Waals surface area contributed by atoms with Gasteiger partial charge in [-0.3, -0.25) is 9.78 Å². The van der Waals surface area contributed by atoms with E-state index in [0.29, 0.717) is 12.1 Å². The lowest BCUT2D eigenvalue weighted by molar-refractivity contribution is -0.114. The van der Waals surface area contributed by atoms with Gasteiger partial charge in [-0.25, -0.2) is 0 Å². The Balaban J connectivity index is 1.70. The van der Waals surface area contributed by atoms with E-state index in [1.807, 2.05) is 48.7 Å². The maximum Gasteiger partial charge on any atom is 0.251 e. The summed E-state index contributed by atoms with van der Waals surface area (Å²) in [5.41, 5.74) is 9.48. The highest BCUT2D eigenvalue weighted by Crippen LogP contribution is 2.36. The van der Waals surface area contributed by atoms with Gasteiger partial charge in [-0.1, -0.05) is 30.3 Å². The zero-order valence-corrected chi connectivity index (χ0v) is 17.7. The van der Waals surface area contributed by atoms with Crippen LogP contribution in [0.1, 0.15) is 5.56 Å². The summed E-state index contributed by atoms with van der Waals surface area (Å²) in [6.07, 6.45) is 7.72. The van der Waals surface area contributed by atoms with Gasteiger partial charge < -0.3 is 10.6 Å². The molecule has 3 aromatic rings. The minimum atomic E-state index is -0.408. The fourth-order valence-corrected chi connectivity index (χ4v) is 5.00. The minimum absolute atomic E-state index is 0.408. The maximum absolute atomic E-state index is 12.1. The number of fused-ring (bicyclic) bond motifs is 1. The van der Waals surface area contributed by atoms with Crippen LogP contribution in [-0.2, 0) is 10.5 Å². The zero-order valence-electron chi connectivity index (χ0n) is 16.0. The van der Waals surface area contributed by atoms with Crippen LogP contribution in [0, 0.1) is 0 Å². The number of para-hydroxylation sites is 1. The van der Waals surface area contributed by atoms with Crippen LogP contribution < -0.4 is 10.6 Å². The molecule has 6 heteroatoms. The lowest BCUT2D eigenvalue weighted by Gasteiger charge is -2.30. The summed E-state index contributed by atoms with van der Waals surface area (Å²) in [6, 6.07) is 18.5. The number of amides is 1. The predicted octanol–water partition coefficient (Wildman–Crippen LogP) is 4.96. The topological polar surface area (TPSA) is 59.2 Å². The Bertz CT molecular complexity index is 1120. The van der Waals surface area contributed by atoms with Gasteiger partial charge in [0.05, 0.1) is 16.1 Å². The highest BCUT2D eigenvalue weighted by Gasteiger charge is 2.22. The second-order valence-electron chi connectivity index (χ2n) is 6.57. The normalized spacial score (nSPS) is 13.9. The fraction of sp³-hybridized carbons (Fsp3) is 0.130. The van der Waals surface area contributed by atoms with E-state index in [9.17, 15) is 4.79 Å². The first-order valence-corrected chi connectivity index (χ1v) is 11.5. The van der Waals surface area contributed by atoms with Gasteiger partial charge in [-0.05, 0) is 48.2 Å². The quantitative estimate of drug-likeness (QED) is 0.572. The van der Waals surface area contributed by atoms with Crippen molar-refractivity contribution < 1.29 is 4.79 Å². The number of carbonyl (C=O) groups is 1. The van der Waals surface area contributed by atoms with Crippen molar-refractivity contribution in [1.82, 2.24) is 4.98 Å². The third-order valence-electron chi connectivity index (χ3n) is 4.78. The number of carbonyl (C=O) groups excluding carboxylic acids is 1. The van der Waals surface area contributed by atoms with Crippen molar-refractivity contribution in [2.45, 2.75) is 10.6 Å².